The Morgan fingerprint density at radius 1 is 1.07 bits per heavy atom. The first-order valence-electron chi connectivity index (χ1n) is 7.78. The number of ether oxygens (including phenoxy) is 1. The van der Waals surface area contributed by atoms with Gasteiger partial charge in [0.2, 0.25) is 5.91 Å². The largest absolute Gasteiger partial charge is 0.452 e. The third kappa shape index (κ3) is 5.77. The van der Waals surface area contributed by atoms with Gasteiger partial charge in [0.05, 0.1) is 12.1 Å². The minimum absolute atomic E-state index is 0.0686. The van der Waals surface area contributed by atoms with Gasteiger partial charge in [0.1, 0.15) is 11.6 Å². The molecule has 0 bridgehead atoms. The molecular formula is C18H17F2N3O4. The number of nitrogens with two attached hydrogens (primary N) is 1. The molecule has 3 N–H and O–H groups in total. The highest BCUT2D eigenvalue weighted by molar-refractivity contribution is 5.97. The maximum absolute atomic E-state index is 13.0. The van der Waals surface area contributed by atoms with E-state index < -0.39 is 36.0 Å². The van der Waals surface area contributed by atoms with Crippen molar-refractivity contribution in [3.8, 4) is 0 Å². The van der Waals surface area contributed by atoms with Crippen molar-refractivity contribution < 1.29 is 27.9 Å². The van der Waals surface area contributed by atoms with E-state index in [-0.39, 0.29) is 17.8 Å². The van der Waals surface area contributed by atoms with Gasteiger partial charge in [0.15, 0.2) is 6.61 Å². The summed E-state index contributed by atoms with van der Waals surface area (Å²) in [7, 11) is 1.35. The molecule has 0 saturated heterocycles. The average Bonchev–Trinajstić information content (AvgIpc) is 2.61. The number of benzene rings is 2. The van der Waals surface area contributed by atoms with Gasteiger partial charge in [0, 0.05) is 18.4 Å². The van der Waals surface area contributed by atoms with E-state index in [0.29, 0.717) is 5.69 Å². The van der Waals surface area contributed by atoms with Gasteiger partial charge in [-0.25, -0.2) is 13.6 Å². The number of hydrogen-bond acceptors (Lipinski definition) is 5. The Kier molecular flexibility index (Phi) is 6.42. The SMILES string of the molecule is CN(CC(=O)Nc1ccc(F)cc1)C(=O)COC(=O)c1ccc(F)cc1N. The van der Waals surface area contributed by atoms with Gasteiger partial charge in [-0.05, 0) is 42.5 Å². The molecule has 2 aromatic rings. The summed E-state index contributed by atoms with van der Waals surface area (Å²) in [4.78, 5) is 36.8. The Labute approximate surface area is 153 Å². The van der Waals surface area contributed by atoms with Gasteiger partial charge in [-0.15, -0.1) is 0 Å². The molecule has 0 heterocycles. The lowest BCUT2D eigenvalue weighted by atomic mass is 10.2. The summed E-state index contributed by atoms with van der Waals surface area (Å²) in [6.07, 6.45) is 0. The number of carbonyl (C=O) groups excluding carboxylic acids is 3. The first kappa shape index (κ1) is 19.8. The zero-order chi connectivity index (χ0) is 20.0. The first-order valence-corrected chi connectivity index (χ1v) is 7.78. The monoisotopic (exact) mass is 377 g/mol. The summed E-state index contributed by atoms with van der Waals surface area (Å²) in [5, 5.41) is 2.50. The predicted octanol–water partition coefficient (Wildman–Crippen LogP) is 1.80. The van der Waals surface area contributed by atoms with Gasteiger partial charge in [-0.2, -0.15) is 0 Å². The fraction of sp³-hybridized carbons (Fsp3) is 0.167. The van der Waals surface area contributed by atoms with Gasteiger partial charge < -0.3 is 20.7 Å². The first-order chi connectivity index (χ1) is 12.8. The molecule has 2 rings (SSSR count). The van der Waals surface area contributed by atoms with E-state index in [1.165, 1.54) is 31.3 Å². The van der Waals surface area contributed by atoms with E-state index in [4.69, 9.17) is 10.5 Å². The van der Waals surface area contributed by atoms with Crippen molar-refractivity contribution in [1.82, 2.24) is 4.90 Å². The molecule has 0 aliphatic rings. The maximum Gasteiger partial charge on any atom is 0.340 e. The molecule has 0 unspecified atom stereocenters. The van der Waals surface area contributed by atoms with Crippen LogP contribution in [0.25, 0.3) is 0 Å². The highest BCUT2D eigenvalue weighted by Crippen LogP contribution is 2.14. The van der Waals surface area contributed by atoms with E-state index in [1.54, 1.807) is 0 Å². The molecule has 142 valence electrons. The van der Waals surface area contributed by atoms with Crippen LogP contribution in [0.4, 0.5) is 20.2 Å². The lowest BCUT2D eigenvalue weighted by Crippen LogP contribution is -2.37. The highest BCUT2D eigenvalue weighted by Gasteiger charge is 2.17. The quantitative estimate of drug-likeness (QED) is 0.590. The van der Waals surface area contributed by atoms with E-state index in [1.807, 2.05) is 0 Å². The smallest absolute Gasteiger partial charge is 0.340 e. The van der Waals surface area contributed by atoms with Crippen LogP contribution in [0.2, 0.25) is 0 Å². The van der Waals surface area contributed by atoms with Gasteiger partial charge >= 0.3 is 5.97 Å². The zero-order valence-corrected chi connectivity index (χ0v) is 14.4. The van der Waals surface area contributed by atoms with Crippen LogP contribution in [-0.2, 0) is 14.3 Å². The minimum atomic E-state index is -0.884. The third-order valence-electron chi connectivity index (χ3n) is 3.49. The molecule has 0 aliphatic heterocycles. The van der Waals surface area contributed by atoms with Gasteiger partial charge in [-0.3, -0.25) is 9.59 Å². The van der Waals surface area contributed by atoms with E-state index in [0.717, 1.165) is 23.1 Å². The summed E-state index contributed by atoms with van der Waals surface area (Å²) in [5.41, 5.74) is 5.72. The number of nitrogen functional groups attached to an aromatic ring is 1. The third-order valence-corrected chi connectivity index (χ3v) is 3.49. The fourth-order valence-electron chi connectivity index (χ4n) is 2.07. The standard InChI is InChI=1S/C18H17F2N3O4/c1-23(9-16(24)22-13-5-2-11(19)3-6-13)17(25)10-27-18(26)14-7-4-12(20)8-15(14)21/h2-8H,9-10,21H2,1H3,(H,22,24). The Morgan fingerprint density at radius 3 is 2.33 bits per heavy atom. The molecule has 7 nitrogen and oxygen atoms in total. The van der Waals surface area contributed by atoms with E-state index in [2.05, 4.69) is 5.32 Å². The number of nitrogens with one attached hydrogen (secondary N) is 1. The molecule has 2 amide bonds. The molecule has 27 heavy (non-hydrogen) atoms. The lowest BCUT2D eigenvalue weighted by Gasteiger charge is -2.17. The molecule has 0 aliphatic carbocycles. The summed E-state index contributed by atoms with van der Waals surface area (Å²) >= 11 is 0. The van der Waals surface area contributed by atoms with Crippen LogP contribution in [0.3, 0.4) is 0 Å². The second-order valence-corrected chi connectivity index (χ2v) is 5.61. The molecule has 0 radical (unpaired) electrons. The predicted molar refractivity (Wildman–Crippen MR) is 93.8 cm³/mol. The molecule has 0 spiro atoms. The molecule has 0 saturated carbocycles. The van der Waals surface area contributed by atoms with Gasteiger partial charge in [0.25, 0.3) is 5.91 Å². The Hall–Kier alpha value is -3.49. The molecule has 9 heteroatoms. The topological polar surface area (TPSA) is 102 Å². The summed E-state index contributed by atoms with van der Waals surface area (Å²) in [6, 6.07) is 8.28. The van der Waals surface area contributed by atoms with Crippen LogP contribution in [0.15, 0.2) is 42.5 Å². The Bertz CT molecular complexity index is 856. The summed E-state index contributed by atoms with van der Waals surface area (Å²) in [5.74, 6) is -3.06. The van der Waals surface area contributed by atoms with Crippen molar-refractivity contribution >= 4 is 29.2 Å². The zero-order valence-electron chi connectivity index (χ0n) is 14.4. The number of carbonyl (C=O) groups is 3. The Morgan fingerprint density at radius 2 is 1.70 bits per heavy atom. The fourth-order valence-corrected chi connectivity index (χ4v) is 2.07. The lowest BCUT2D eigenvalue weighted by molar-refractivity contribution is -0.136. The van der Waals surface area contributed by atoms with Crippen molar-refractivity contribution in [2.45, 2.75) is 0 Å². The van der Waals surface area contributed by atoms with Crippen LogP contribution in [0.5, 0.6) is 0 Å². The minimum Gasteiger partial charge on any atom is -0.452 e. The number of halogens is 2. The highest BCUT2D eigenvalue weighted by atomic mass is 19.1. The van der Waals surface area contributed by atoms with Gasteiger partial charge in [-0.1, -0.05) is 0 Å². The molecular weight excluding hydrogens is 360 g/mol. The number of anilines is 2. The van der Waals surface area contributed by atoms with Crippen LogP contribution in [0.1, 0.15) is 10.4 Å². The van der Waals surface area contributed by atoms with Crippen molar-refractivity contribution in [3.63, 3.8) is 0 Å². The number of esters is 1. The van der Waals surface area contributed by atoms with Crippen molar-refractivity contribution in [3.05, 3.63) is 59.7 Å². The number of hydrogen-bond donors (Lipinski definition) is 2. The van der Waals surface area contributed by atoms with Crippen LogP contribution >= 0.6 is 0 Å². The van der Waals surface area contributed by atoms with Crippen molar-refractivity contribution in [2.24, 2.45) is 0 Å². The number of nitrogens with zero attached hydrogens (tertiary/aromatic N) is 1. The van der Waals surface area contributed by atoms with Crippen LogP contribution in [-0.4, -0.2) is 42.9 Å². The van der Waals surface area contributed by atoms with Crippen molar-refractivity contribution in [2.75, 3.05) is 31.2 Å². The van der Waals surface area contributed by atoms with Crippen LogP contribution in [0, 0.1) is 11.6 Å². The maximum atomic E-state index is 13.0. The van der Waals surface area contributed by atoms with Crippen LogP contribution < -0.4 is 11.1 Å². The van der Waals surface area contributed by atoms with E-state index >= 15 is 0 Å². The average molecular weight is 377 g/mol. The summed E-state index contributed by atoms with van der Waals surface area (Å²) < 4.78 is 30.6. The molecule has 2 aromatic carbocycles. The van der Waals surface area contributed by atoms with Crippen molar-refractivity contribution in [1.29, 1.82) is 0 Å². The number of amides is 2. The molecule has 0 atom stereocenters. The number of likely N-dealkylation sites (N-methyl/N-ethyl adjacent to an activating group) is 1. The van der Waals surface area contributed by atoms with E-state index in [9.17, 15) is 23.2 Å². The second-order valence-electron chi connectivity index (χ2n) is 5.61. The second kappa shape index (κ2) is 8.75. The summed E-state index contributed by atoms with van der Waals surface area (Å²) in [6.45, 7) is -0.914. The normalized spacial score (nSPS) is 10.2. The molecule has 0 aromatic heterocycles. The Balaban J connectivity index is 1.83. The molecule has 0 fully saturated rings. The number of rotatable bonds is 6.